The second kappa shape index (κ2) is 3.09. The van der Waals surface area contributed by atoms with E-state index in [2.05, 4.69) is 5.32 Å². The molecule has 1 rings (SSSR count). The number of carboxylic acids is 1. The summed E-state index contributed by atoms with van der Waals surface area (Å²) >= 11 is 0. The van der Waals surface area contributed by atoms with Crippen LogP contribution in [0.25, 0.3) is 0 Å². The van der Waals surface area contributed by atoms with Crippen LogP contribution in [0.3, 0.4) is 0 Å². The first-order chi connectivity index (χ1) is 5.22. The van der Waals surface area contributed by atoms with Crippen LogP contribution < -0.4 is 5.32 Å². The number of furan rings is 1. The Bertz CT molecular complexity index is 254. The van der Waals surface area contributed by atoms with Gasteiger partial charge in [-0.25, -0.2) is 0 Å². The molecule has 1 heterocycles. The van der Waals surface area contributed by atoms with Crippen LogP contribution in [0.1, 0.15) is 5.76 Å². The maximum absolute atomic E-state index is 10.2. The number of rotatable bonds is 3. The molecule has 4 heteroatoms. The normalized spacial score (nSPS) is 9.55. The van der Waals surface area contributed by atoms with E-state index in [1.165, 1.54) is 0 Å². The molecule has 0 saturated heterocycles. The lowest BCUT2D eigenvalue weighted by atomic mass is 10.3. The van der Waals surface area contributed by atoms with Gasteiger partial charge in [0.15, 0.2) is 5.88 Å². The van der Waals surface area contributed by atoms with E-state index in [0.29, 0.717) is 11.6 Å². The standard InChI is InChI=1S/C7H9NO3/c1-8-6-3-2-5(11-6)4-7(9)10/h2-3,8H,4H2,1H3,(H,9,10). The number of nitrogens with one attached hydrogen (secondary N) is 1. The number of hydrogen-bond acceptors (Lipinski definition) is 3. The van der Waals surface area contributed by atoms with Crippen molar-refractivity contribution in [1.29, 1.82) is 0 Å². The van der Waals surface area contributed by atoms with Crippen molar-refractivity contribution in [2.24, 2.45) is 0 Å². The molecule has 1 aromatic heterocycles. The highest BCUT2D eigenvalue weighted by Gasteiger charge is 2.04. The molecule has 0 unspecified atom stereocenters. The van der Waals surface area contributed by atoms with Crippen molar-refractivity contribution in [3.63, 3.8) is 0 Å². The maximum atomic E-state index is 10.2. The number of carboxylic acid groups (broad SMARTS) is 1. The quantitative estimate of drug-likeness (QED) is 0.682. The van der Waals surface area contributed by atoms with Crippen LogP contribution >= 0.6 is 0 Å². The summed E-state index contributed by atoms with van der Waals surface area (Å²) in [4.78, 5) is 10.2. The predicted octanol–water partition coefficient (Wildman–Crippen LogP) is 0.948. The topological polar surface area (TPSA) is 62.5 Å². The molecule has 60 valence electrons. The maximum Gasteiger partial charge on any atom is 0.311 e. The van der Waals surface area contributed by atoms with Crippen LogP contribution in [0.2, 0.25) is 0 Å². The fourth-order valence-corrected chi connectivity index (χ4v) is 0.756. The summed E-state index contributed by atoms with van der Waals surface area (Å²) < 4.78 is 5.05. The minimum Gasteiger partial charge on any atom is -0.481 e. The number of carbonyl (C=O) groups is 1. The molecule has 0 radical (unpaired) electrons. The molecule has 0 aliphatic rings. The van der Waals surface area contributed by atoms with E-state index in [1.54, 1.807) is 19.2 Å². The third-order valence-corrected chi connectivity index (χ3v) is 1.23. The number of hydrogen-bond donors (Lipinski definition) is 2. The van der Waals surface area contributed by atoms with Crippen LogP contribution in [0.5, 0.6) is 0 Å². The van der Waals surface area contributed by atoms with Crippen LogP contribution in [0.4, 0.5) is 5.88 Å². The van der Waals surface area contributed by atoms with Crippen molar-refractivity contribution in [1.82, 2.24) is 0 Å². The molecule has 0 fully saturated rings. The highest BCUT2D eigenvalue weighted by molar-refractivity contribution is 5.69. The summed E-state index contributed by atoms with van der Waals surface area (Å²) in [6.45, 7) is 0. The first-order valence-electron chi connectivity index (χ1n) is 3.20. The third kappa shape index (κ3) is 2.00. The van der Waals surface area contributed by atoms with E-state index >= 15 is 0 Å². The molecule has 0 aliphatic heterocycles. The van der Waals surface area contributed by atoms with Gasteiger partial charge >= 0.3 is 5.97 Å². The Morgan fingerprint density at radius 3 is 2.91 bits per heavy atom. The van der Waals surface area contributed by atoms with Gasteiger partial charge < -0.3 is 14.8 Å². The lowest BCUT2D eigenvalue weighted by molar-refractivity contribution is -0.136. The molecule has 0 aliphatic carbocycles. The van der Waals surface area contributed by atoms with Gasteiger partial charge in [0.2, 0.25) is 0 Å². The average Bonchev–Trinajstić information content (AvgIpc) is 2.34. The molecule has 0 saturated carbocycles. The first kappa shape index (κ1) is 7.65. The largest absolute Gasteiger partial charge is 0.481 e. The van der Waals surface area contributed by atoms with Gasteiger partial charge in [-0.3, -0.25) is 4.79 Å². The Hall–Kier alpha value is -1.45. The zero-order valence-corrected chi connectivity index (χ0v) is 6.13. The van der Waals surface area contributed by atoms with E-state index in [9.17, 15) is 4.79 Å². The lowest BCUT2D eigenvalue weighted by Gasteiger charge is -1.91. The number of anilines is 1. The second-order valence-electron chi connectivity index (χ2n) is 2.09. The zero-order valence-electron chi connectivity index (χ0n) is 6.13. The van der Waals surface area contributed by atoms with Crippen molar-refractivity contribution in [2.45, 2.75) is 6.42 Å². The number of aliphatic carboxylic acids is 1. The van der Waals surface area contributed by atoms with Gasteiger partial charge in [0.05, 0.1) is 0 Å². The summed E-state index contributed by atoms with van der Waals surface area (Å²) in [6, 6.07) is 3.33. The van der Waals surface area contributed by atoms with Gasteiger partial charge in [-0.15, -0.1) is 0 Å². The Morgan fingerprint density at radius 2 is 2.45 bits per heavy atom. The van der Waals surface area contributed by atoms with Crippen molar-refractivity contribution in [3.8, 4) is 0 Å². The summed E-state index contributed by atoms with van der Waals surface area (Å²) in [5.74, 6) is 0.158. The van der Waals surface area contributed by atoms with Gasteiger partial charge in [-0.2, -0.15) is 0 Å². The summed E-state index contributed by atoms with van der Waals surface area (Å²) in [6.07, 6.45) is -0.0678. The van der Waals surface area contributed by atoms with Crippen molar-refractivity contribution in [3.05, 3.63) is 17.9 Å². The van der Waals surface area contributed by atoms with Gasteiger partial charge in [0.1, 0.15) is 12.2 Å². The van der Waals surface area contributed by atoms with Gasteiger partial charge in [-0.1, -0.05) is 0 Å². The highest BCUT2D eigenvalue weighted by atomic mass is 16.4. The molecule has 1 aromatic rings. The SMILES string of the molecule is CNc1ccc(CC(=O)O)o1. The first-order valence-corrected chi connectivity index (χ1v) is 3.20. The van der Waals surface area contributed by atoms with Gasteiger partial charge in [-0.05, 0) is 6.07 Å². The minimum atomic E-state index is -0.887. The van der Waals surface area contributed by atoms with E-state index in [-0.39, 0.29) is 6.42 Å². The molecular formula is C7H9NO3. The fraction of sp³-hybridized carbons (Fsp3) is 0.286. The van der Waals surface area contributed by atoms with Gasteiger partial charge in [0.25, 0.3) is 0 Å². The summed E-state index contributed by atoms with van der Waals surface area (Å²) in [5, 5.41) is 11.1. The lowest BCUT2D eigenvalue weighted by Crippen LogP contribution is -1.98. The minimum absolute atomic E-state index is 0.0678. The summed E-state index contributed by atoms with van der Waals surface area (Å²) in [5.41, 5.74) is 0. The van der Waals surface area contributed by atoms with E-state index in [1.807, 2.05) is 0 Å². The molecule has 0 aromatic carbocycles. The van der Waals surface area contributed by atoms with Crippen LogP contribution in [-0.4, -0.2) is 18.1 Å². The predicted molar refractivity (Wildman–Crippen MR) is 39.6 cm³/mol. The summed E-state index contributed by atoms with van der Waals surface area (Å²) in [7, 11) is 1.71. The molecule has 4 nitrogen and oxygen atoms in total. The fourth-order valence-electron chi connectivity index (χ4n) is 0.756. The molecule has 0 amide bonds. The molecule has 0 atom stereocenters. The van der Waals surface area contributed by atoms with E-state index < -0.39 is 5.97 Å². The Kier molecular flexibility index (Phi) is 2.15. The van der Waals surface area contributed by atoms with Crippen molar-refractivity contribution in [2.75, 3.05) is 12.4 Å². The average molecular weight is 155 g/mol. The Morgan fingerprint density at radius 1 is 1.73 bits per heavy atom. The smallest absolute Gasteiger partial charge is 0.311 e. The van der Waals surface area contributed by atoms with E-state index in [0.717, 1.165) is 0 Å². The van der Waals surface area contributed by atoms with Crippen molar-refractivity contribution >= 4 is 11.9 Å². The van der Waals surface area contributed by atoms with Gasteiger partial charge in [0, 0.05) is 13.1 Å². The molecule has 2 N–H and O–H groups in total. The zero-order chi connectivity index (χ0) is 8.27. The Balaban J connectivity index is 2.65. The third-order valence-electron chi connectivity index (χ3n) is 1.23. The van der Waals surface area contributed by atoms with Crippen LogP contribution in [0.15, 0.2) is 16.5 Å². The Labute approximate surface area is 63.8 Å². The van der Waals surface area contributed by atoms with Crippen LogP contribution in [0, 0.1) is 0 Å². The van der Waals surface area contributed by atoms with E-state index in [4.69, 9.17) is 9.52 Å². The van der Waals surface area contributed by atoms with Crippen molar-refractivity contribution < 1.29 is 14.3 Å². The highest BCUT2D eigenvalue weighted by Crippen LogP contribution is 2.12. The monoisotopic (exact) mass is 155 g/mol. The molecular weight excluding hydrogens is 146 g/mol. The molecule has 11 heavy (non-hydrogen) atoms. The second-order valence-corrected chi connectivity index (χ2v) is 2.09. The van der Waals surface area contributed by atoms with Crippen LogP contribution in [-0.2, 0) is 11.2 Å². The molecule has 0 spiro atoms. The molecule has 0 bridgehead atoms.